The van der Waals surface area contributed by atoms with E-state index in [2.05, 4.69) is 10.2 Å². The summed E-state index contributed by atoms with van der Waals surface area (Å²) in [5.41, 5.74) is 2.81. The van der Waals surface area contributed by atoms with Crippen LogP contribution in [-0.2, 0) is 4.79 Å². The third-order valence-electron chi connectivity index (χ3n) is 4.20. The fraction of sp³-hybridized carbons (Fsp3) is 0.238. The Labute approximate surface area is 154 Å². The minimum Gasteiger partial charge on any atom is -0.507 e. The first-order valence-corrected chi connectivity index (χ1v) is 8.56. The number of hydrogen-bond acceptors (Lipinski definition) is 4. The molecule has 2 rings (SSSR count). The van der Waals surface area contributed by atoms with E-state index in [0.717, 1.165) is 24.3 Å². The maximum absolute atomic E-state index is 12.4. The van der Waals surface area contributed by atoms with E-state index >= 15 is 0 Å². The number of aryl methyl sites for hydroxylation is 1. The van der Waals surface area contributed by atoms with E-state index in [4.69, 9.17) is 0 Å². The lowest BCUT2D eigenvalue weighted by Gasteiger charge is -2.21. The molecule has 0 bridgehead atoms. The summed E-state index contributed by atoms with van der Waals surface area (Å²) in [5, 5.41) is 22.4. The molecule has 0 aromatic heterocycles. The summed E-state index contributed by atoms with van der Waals surface area (Å²) < 4.78 is 0. The summed E-state index contributed by atoms with van der Waals surface area (Å²) in [4.78, 5) is 14.5. The zero-order chi connectivity index (χ0) is 19.1. The fourth-order valence-corrected chi connectivity index (χ4v) is 2.65. The van der Waals surface area contributed by atoms with Crippen LogP contribution in [0.5, 0.6) is 5.75 Å². The molecule has 2 aromatic carbocycles. The van der Waals surface area contributed by atoms with Gasteiger partial charge in [-0.2, -0.15) is 5.26 Å². The minimum absolute atomic E-state index is 0.0332. The highest BCUT2D eigenvalue weighted by Gasteiger charge is 2.12. The van der Waals surface area contributed by atoms with Crippen molar-refractivity contribution in [3.63, 3.8) is 0 Å². The van der Waals surface area contributed by atoms with Gasteiger partial charge in [0.05, 0.1) is 0 Å². The third kappa shape index (κ3) is 4.42. The number of anilines is 2. The molecule has 5 heteroatoms. The summed E-state index contributed by atoms with van der Waals surface area (Å²) >= 11 is 0. The number of aromatic hydroxyl groups is 1. The number of amides is 1. The first kappa shape index (κ1) is 19.1. The van der Waals surface area contributed by atoms with Crippen molar-refractivity contribution in [1.82, 2.24) is 0 Å². The molecule has 2 N–H and O–H groups in total. The van der Waals surface area contributed by atoms with Gasteiger partial charge in [-0.15, -0.1) is 0 Å². The van der Waals surface area contributed by atoms with Gasteiger partial charge in [-0.05, 0) is 50.6 Å². The zero-order valence-corrected chi connectivity index (χ0v) is 15.3. The maximum atomic E-state index is 12.4. The van der Waals surface area contributed by atoms with E-state index in [-0.39, 0.29) is 11.3 Å². The Morgan fingerprint density at radius 3 is 2.50 bits per heavy atom. The molecule has 2 aromatic rings. The Balaban J connectivity index is 2.27. The quantitative estimate of drug-likeness (QED) is 0.608. The number of para-hydroxylation sites is 1. The Hall–Kier alpha value is -3.26. The van der Waals surface area contributed by atoms with E-state index in [1.807, 2.05) is 51.1 Å². The molecule has 0 saturated carbocycles. The molecule has 134 valence electrons. The van der Waals surface area contributed by atoms with Gasteiger partial charge in [-0.1, -0.05) is 18.2 Å². The SMILES string of the molecule is CCN(CC)c1ccc(/C=C(/C#N)C(=O)Nc2ccccc2C)c(O)c1. The predicted molar refractivity (Wildman–Crippen MR) is 105 cm³/mol. The first-order chi connectivity index (χ1) is 12.5. The van der Waals surface area contributed by atoms with Crippen molar-refractivity contribution in [2.24, 2.45) is 0 Å². The molecule has 0 aliphatic heterocycles. The van der Waals surface area contributed by atoms with Crippen LogP contribution in [0.3, 0.4) is 0 Å². The Morgan fingerprint density at radius 1 is 1.23 bits per heavy atom. The van der Waals surface area contributed by atoms with Crippen LogP contribution in [0, 0.1) is 18.3 Å². The number of carbonyl (C=O) groups excluding carboxylic acids is 1. The number of nitrogens with one attached hydrogen (secondary N) is 1. The van der Waals surface area contributed by atoms with Gasteiger partial charge < -0.3 is 15.3 Å². The van der Waals surface area contributed by atoms with Crippen molar-refractivity contribution in [2.75, 3.05) is 23.3 Å². The maximum Gasteiger partial charge on any atom is 0.266 e. The van der Waals surface area contributed by atoms with Gasteiger partial charge in [0.15, 0.2) is 0 Å². The van der Waals surface area contributed by atoms with Crippen molar-refractivity contribution < 1.29 is 9.90 Å². The summed E-state index contributed by atoms with van der Waals surface area (Å²) in [5.74, 6) is -0.472. The average molecular weight is 349 g/mol. The number of phenols is 1. The average Bonchev–Trinajstić information content (AvgIpc) is 2.64. The van der Waals surface area contributed by atoms with Crippen molar-refractivity contribution >= 4 is 23.4 Å². The molecule has 0 saturated heterocycles. The number of phenolic OH excluding ortho intramolecular Hbond substituents is 1. The third-order valence-corrected chi connectivity index (χ3v) is 4.20. The molecule has 5 nitrogen and oxygen atoms in total. The number of benzene rings is 2. The van der Waals surface area contributed by atoms with Gasteiger partial charge >= 0.3 is 0 Å². The second kappa shape index (κ2) is 8.72. The monoisotopic (exact) mass is 349 g/mol. The van der Waals surface area contributed by atoms with Gasteiger partial charge in [-0.3, -0.25) is 4.79 Å². The van der Waals surface area contributed by atoms with Crippen LogP contribution in [0.1, 0.15) is 25.0 Å². The number of carbonyl (C=O) groups is 1. The molecule has 1 amide bonds. The summed E-state index contributed by atoms with van der Waals surface area (Å²) in [6.07, 6.45) is 1.40. The van der Waals surface area contributed by atoms with E-state index < -0.39 is 5.91 Å². The normalized spacial score (nSPS) is 10.9. The number of rotatable bonds is 6. The molecule has 0 aliphatic rings. The van der Waals surface area contributed by atoms with Crippen LogP contribution in [0.4, 0.5) is 11.4 Å². The predicted octanol–water partition coefficient (Wildman–Crippen LogP) is 4.09. The molecular weight excluding hydrogens is 326 g/mol. The lowest BCUT2D eigenvalue weighted by molar-refractivity contribution is -0.112. The molecule has 0 fully saturated rings. The number of hydrogen-bond donors (Lipinski definition) is 2. The zero-order valence-electron chi connectivity index (χ0n) is 15.3. The summed E-state index contributed by atoms with van der Waals surface area (Å²) in [7, 11) is 0. The van der Waals surface area contributed by atoms with E-state index in [1.165, 1.54) is 6.08 Å². The van der Waals surface area contributed by atoms with E-state index in [1.54, 1.807) is 18.2 Å². The fourth-order valence-electron chi connectivity index (χ4n) is 2.65. The second-order valence-electron chi connectivity index (χ2n) is 5.85. The smallest absolute Gasteiger partial charge is 0.266 e. The van der Waals surface area contributed by atoms with Crippen molar-refractivity contribution in [1.29, 1.82) is 5.26 Å². The molecule has 0 radical (unpaired) electrons. The van der Waals surface area contributed by atoms with Crippen LogP contribution < -0.4 is 10.2 Å². The van der Waals surface area contributed by atoms with Gasteiger partial charge in [0.1, 0.15) is 17.4 Å². The van der Waals surface area contributed by atoms with E-state index in [9.17, 15) is 15.2 Å². The van der Waals surface area contributed by atoms with Gasteiger partial charge in [-0.25, -0.2) is 0 Å². The minimum atomic E-state index is -0.506. The van der Waals surface area contributed by atoms with Crippen molar-refractivity contribution in [3.05, 3.63) is 59.2 Å². The highest BCUT2D eigenvalue weighted by molar-refractivity contribution is 6.10. The second-order valence-corrected chi connectivity index (χ2v) is 5.85. The van der Waals surface area contributed by atoms with Crippen LogP contribution in [0.25, 0.3) is 6.08 Å². The highest BCUT2D eigenvalue weighted by Crippen LogP contribution is 2.27. The Morgan fingerprint density at radius 2 is 1.92 bits per heavy atom. The number of nitriles is 1. The lowest BCUT2D eigenvalue weighted by Crippen LogP contribution is -2.21. The van der Waals surface area contributed by atoms with Crippen molar-refractivity contribution in [3.8, 4) is 11.8 Å². The Bertz CT molecular complexity index is 862. The van der Waals surface area contributed by atoms with Gasteiger partial charge in [0.25, 0.3) is 5.91 Å². The van der Waals surface area contributed by atoms with Gasteiger partial charge in [0, 0.05) is 36.1 Å². The van der Waals surface area contributed by atoms with Crippen LogP contribution in [0.2, 0.25) is 0 Å². The summed E-state index contributed by atoms with van der Waals surface area (Å²) in [6, 6.07) is 14.5. The standard InChI is InChI=1S/C21H23N3O2/c1-4-24(5-2)18-11-10-16(20(25)13-18)12-17(14-22)21(26)23-19-9-7-6-8-15(19)3/h6-13,25H,4-5H2,1-3H3,(H,23,26)/b17-12-. The Kier molecular flexibility index (Phi) is 6.40. The molecule has 0 atom stereocenters. The molecule has 0 aliphatic carbocycles. The van der Waals surface area contributed by atoms with Crippen LogP contribution in [0.15, 0.2) is 48.0 Å². The molecule has 26 heavy (non-hydrogen) atoms. The summed E-state index contributed by atoms with van der Waals surface area (Å²) in [6.45, 7) is 7.61. The molecule has 0 heterocycles. The van der Waals surface area contributed by atoms with Gasteiger partial charge in [0.2, 0.25) is 0 Å². The highest BCUT2D eigenvalue weighted by atomic mass is 16.3. The molecule has 0 spiro atoms. The van der Waals surface area contributed by atoms with Crippen LogP contribution >= 0.6 is 0 Å². The van der Waals surface area contributed by atoms with E-state index in [0.29, 0.717) is 11.3 Å². The largest absolute Gasteiger partial charge is 0.507 e. The van der Waals surface area contributed by atoms with Crippen molar-refractivity contribution in [2.45, 2.75) is 20.8 Å². The lowest BCUT2D eigenvalue weighted by atomic mass is 10.1. The first-order valence-electron chi connectivity index (χ1n) is 8.56. The molecular formula is C21H23N3O2. The van der Waals surface area contributed by atoms with Crippen LogP contribution in [-0.4, -0.2) is 24.1 Å². The topological polar surface area (TPSA) is 76.4 Å². The number of nitrogens with zero attached hydrogens (tertiary/aromatic N) is 2. The molecule has 0 unspecified atom stereocenters.